The van der Waals surface area contributed by atoms with Gasteiger partial charge in [-0.05, 0) is 42.3 Å². The molecule has 0 amide bonds. The molecule has 2 aromatic carbocycles. The Bertz CT molecular complexity index is 527. The summed E-state index contributed by atoms with van der Waals surface area (Å²) in [6, 6.07) is 13.7. The van der Waals surface area contributed by atoms with Gasteiger partial charge in [-0.25, -0.2) is 4.39 Å². The molecule has 3 heteroatoms. The summed E-state index contributed by atoms with van der Waals surface area (Å²) in [4.78, 5) is 0. The lowest BCUT2D eigenvalue weighted by atomic mass is 10.1. The van der Waals surface area contributed by atoms with Gasteiger partial charge in [0.15, 0.2) is 0 Å². The predicted molar refractivity (Wildman–Crippen MR) is 69.8 cm³/mol. The summed E-state index contributed by atoms with van der Waals surface area (Å²) in [6.45, 7) is 2.61. The van der Waals surface area contributed by atoms with Crippen molar-refractivity contribution in [1.82, 2.24) is 5.32 Å². The molecule has 0 radical (unpaired) electrons. The molecule has 0 aliphatic rings. The largest absolute Gasteiger partial charge is 0.508 e. The Balaban J connectivity index is 1.98. The summed E-state index contributed by atoms with van der Waals surface area (Å²) >= 11 is 0. The van der Waals surface area contributed by atoms with Gasteiger partial charge < -0.3 is 10.4 Å². The molecule has 94 valence electrons. The van der Waals surface area contributed by atoms with Crippen LogP contribution in [0.4, 0.5) is 4.39 Å². The number of hydrogen-bond acceptors (Lipinski definition) is 2. The first-order valence-corrected chi connectivity index (χ1v) is 5.92. The molecule has 0 saturated heterocycles. The minimum absolute atomic E-state index is 0.0584. The summed E-state index contributed by atoms with van der Waals surface area (Å²) in [5.74, 6) is 0.0335. The van der Waals surface area contributed by atoms with Crippen LogP contribution in [0.25, 0.3) is 0 Å². The molecule has 1 atom stereocenters. The van der Waals surface area contributed by atoms with Gasteiger partial charge in [-0.1, -0.05) is 24.3 Å². The molecule has 0 spiro atoms. The van der Waals surface area contributed by atoms with E-state index in [1.54, 1.807) is 24.3 Å². The topological polar surface area (TPSA) is 32.3 Å². The van der Waals surface area contributed by atoms with E-state index in [0.29, 0.717) is 6.54 Å². The van der Waals surface area contributed by atoms with Crippen molar-refractivity contribution < 1.29 is 9.50 Å². The Morgan fingerprint density at radius 1 is 1.17 bits per heavy atom. The van der Waals surface area contributed by atoms with E-state index in [2.05, 4.69) is 5.32 Å². The van der Waals surface area contributed by atoms with Gasteiger partial charge in [0, 0.05) is 12.6 Å². The maximum atomic E-state index is 13.1. The van der Waals surface area contributed by atoms with Crippen LogP contribution in [0.1, 0.15) is 24.1 Å². The van der Waals surface area contributed by atoms with Crippen LogP contribution in [0.2, 0.25) is 0 Å². The molecule has 2 N–H and O–H groups in total. The van der Waals surface area contributed by atoms with Crippen LogP contribution in [0, 0.1) is 5.82 Å². The van der Waals surface area contributed by atoms with Crippen molar-refractivity contribution in [2.45, 2.75) is 19.5 Å². The number of benzene rings is 2. The van der Waals surface area contributed by atoms with Gasteiger partial charge in [0.2, 0.25) is 0 Å². The molecule has 0 fully saturated rings. The van der Waals surface area contributed by atoms with Crippen molar-refractivity contribution in [3.8, 4) is 5.75 Å². The van der Waals surface area contributed by atoms with Gasteiger partial charge in [-0.15, -0.1) is 0 Å². The van der Waals surface area contributed by atoms with Crippen molar-refractivity contribution in [3.05, 3.63) is 65.5 Å². The molecule has 0 aliphatic heterocycles. The van der Waals surface area contributed by atoms with E-state index in [0.717, 1.165) is 11.1 Å². The fourth-order valence-electron chi connectivity index (χ4n) is 1.83. The lowest BCUT2D eigenvalue weighted by molar-refractivity contribution is 0.473. The first kappa shape index (κ1) is 12.6. The summed E-state index contributed by atoms with van der Waals surface area (Å²) in [5, 5.41) is 12.6. The van der Waals surface area contributed by atoms with Crippen LogP contribution in [-0.4, -0.2) is 5.11 Å². The molecule has 0 aliphatic carbocycles. The zero-order valence-electron chi connectivity index (χ0n) is 10.2. The zero-order valence-corrected chi connectivity index (χ0v) is 10.2. The smallest absolute Gasteiger partial charge is 0.123 e. The Morgan fingerprint density at radius 2 is 1.94 bits per heavy atom. The predicted octanol–water partition coefficient (Wildman–Crippen LogP) is 3.38. The molecule has 2 rings (SSSR count). The minimum atomic E-state index is -0.224. The molecule has 0 saturated carbocycles. The normalized spacial score (nSPS) is 12.3. The molecular formula is C15H16FNO. The Hall–Kier alpha value is -1.87. The molecule has 0 bridgehead atoms. The highest BCUT2D eigenvalue weighted by molar-refractivity contribution is 5.27. The maximum absolute atomic E-state index is 13.1. The molecule has 0 heterocycles. The number of aromatic hydroxyl groups is 1. The average molecular weight is 245 g/mol. The highest BCUT2D eigenvalue weighted by Crippen LogP contribution is 2.15. The number of halogens is 1. The van der Waals surface area contributed by atoms with E-state index < -0.39 is 0 Å². The van der Waals surface area contributed by atoms with Crippen molar-refractivity contribution in [1.29, 1.82) is 0 Å². The summed E-state index contributed by atoms with van der Waals surface area (Å²) in [6.07, 6.45) is 0. The second kappa shape index (κ2) is 5.65. The van der Waals surface area contributed by atoms with E-state index in [1.807, 2.05) is 19.1 Å². The van der Waals surface area contributed by atoms with E-state index in [4.69, 9.17) is 0 Å². The van der Waals surface area contributed by atoms with E-state index >= 15 is 0 Å². The van der Waals surface area contributed by atoms with Crippen LogP contribution in [0.3, 0.4) is 0 Å². The number of phenols is 1. The van der Waals surface area contributed by atoms with E-state index in [-0.39, 0.29) is 17.6 Å². The third-order valence-corrected chi connectivity index (χ3v) is 2.87. The fourth-order valence-corrected chi connectivity index (χ4v) is 1.83. The van der Waals surface area contributed by atoms with Gasteiger partial charge in [0.25, 0.3) is 0 Å². The van der Waals surface area contributed by atoms with Crippen LogP contribution in [0.15, 0.2) is 48.5 Å². The lowest BCUT2D eigenvalue weighted by Crippen LogP contribution is -2.18. The van der Waals surface area contributed by atoms with Gasteiger partial charge >= 0.3 is 0 Å². The van der Waals surface area contributed by atoms with E-state index in [9.17, 15) is 9.50 Å². The highest BCUT2D eigenvalue weighted by Gasteiger charge is 2.05. The highest BCUT2D eigenvalue weighted by atomic mass is 19.1. The number of rotatable bonds is 4. The Morgan fingerprint density at radius 3 is 2.67 bits per heavy atom. The summed E-state index contributed by atoms with van der Waals surface area (Å²) in [5.41, 5.74) is 1.91. The van der Waals surface area contributed by atoms with Crippen LogP contribution >= 0.6 is 0 Å². The monoisotopic (exact) mass is 245 g/mol. The second-order valence-corrected chi connectivity index (χ2v) is 4.33. The Kier molecular flexibility index (Phi) is 3.95. The van der Waals surface area contributed by atoms with Crippen LogP contribution in [0.5, 0.6) is 5.75 Å². The van der Waals surface area contributed by atoms with Gasteiger partial charge in [0.05, 0.1) is 0 Å². The standard InChI is InChI=1S/C15H16FNO/c1-11(13-5-3-6-14(16)9-13)17-10-12-4-2-7-15(18)8-12/h2-9,11,17-18H,10H2,1H3/t11-/m1/s1. The van der Waals surface area contributed by atoms with Crippen molar-refractivity contribution >= 4 is 0 Å². The number of nitrogens with one attached hydrogen (secondary N) is 1. The minimum Gasteiger partial charge on any atom is -0.508 e. The Labute approximate surface area is 106 Å². The number of hydrogen-bond donors (Lipinski definition) is 2. The van der Waals surface area contributed by atoms with Crippen molar-refractivity contribution in [2.75, 3.05) is 0 Å². The van der Waals surface area contributed by atoms with Gasteiger partial charge in [-0.2, -0.15) is 0 Å². The zero-order chi connectivity index (χ0) is 13.0. The second-order valence-electron chi connectivity index (χ2n) is 4.33. The van der Waals surface area contributed by atoms with Crippen LogP contribution < -0.4 is 5.32 Å². The lowest BCUT2D eigenvalue weighted by Gasteiger charge is -2.14. The molecular weight excluding hydrogens is 229 g/mol. The van der Waals surface area contributed by atoms with Gasteiger partial charge in [0.1, 0.15) is 11.6 Å². The molecule has 0 unspecified atom stereocenters. The molecule has 0 aromatic heterocycles. The molecule has 2 aromatic rings. The van der Waals surface area contributed by atoms with E-state index in [1.165, 1.54) is 12.1 Å². The summed E-state index contributed by atoms with van der Waals surface area (Å²) in [7, 11) is 0. The fraction of sp³-hybridized carbons (Fsp3) is 0.200. The summed E-state index contributed by atoms with van der Waals surface area (Å²) < 4.78 is 13.1. The molecule has 2 nitrogen and oxygen atoms in total. The number of phenolic OH excluding ortho intramolecular Hbond substituents is 1. The van der Waals surface area contributed by atoms with Gasteiger partial charge in [-0.3, -0.25) is 0 Å². The first-order valence-electron chi connectivity index (χ1n) is 5.92. The quantitative estimate of drug-likeness (QED) is 0.865. The third-order valence-electron chi connectivity index (χ3n) is 2.87. The first-order chi connectivity index (χ1) is 8.65. The third kappa shape index (κ3) is 3.31. The average Bonchev–Trinajstić information content (AvgIpc) is 2.36. The van der Waals surface area contributed by atoms with Crippen molar-refractivity contribution in [2.24, 2.45) is 0 Å². The SMILES string of the molecule is C[C@@H](NCc1cccc(O)c1)c1cccc(F)c1. The molecule has 18 heavy (non-hydrogen) atoms. The maximum Gasteiger partial charge on any atom is 0.123 e. The van der Waals surface area contributed by atoms with Crippen LogP contribution in [-0.2, 0) is 6.54 Å². The van der Waals surface area contributed by atoms with Crippen molar-refractivity contribution in [3.63, 3.8) is 0 Å².